The van der Waals surface area contributed by atoms with E-state index in [-0.39, 0.29) is 0 Å². The molecule has 0 N–H and O–H groups in total. The summed E-state index contributed by atoms with van der Waals surface area (Å²) in [6, 6.07) is 12.3. The molecule has 0 fully saturated rings. The van der Waals surface area contributed by atoms with E-state index in [2.05, 4.69) is 32.0 Å². The summed E-state index contributed by atoms with van der Waals surface area (Å²) in [7, 11) is 3.39. The minimum Gasteiger partial charge on any atom is -0.496 e. The molecule has 0 saturated carbocycles. The summed E-state index contributed by atoms with van der Waals surface area (Å²) in [4.78, 5) is 0. The summed E-state index contributed by atoms with van der Waals surface area (Å²) in [5, 5.41) is 0. The first-order valence-electron chi connectivity index (χ1n) is 7.70. The number of benzene rings is 2. The Kier molecular flexibility index (Phi) is 9.77. The Bertz CT molecular complexity index is 560. The van der Waals surface area contributed by atoms with E-state index in [1.165, 1.54) is 22.3 Å². The second kappa shape index (κ2) is 10.7. The Balaban J connectivity index is 0.000000360. The Hall–Kier alpha value is -1.96. The van der Waals surface area contributed by atoms with Crippen LogP contribution < -0.4 is 9.47 Å². The van der Waals surface area contributed by atoms with Crippen molar-refractivity contribution in [2.75, 3.05) is 14.2 Å². The van der Waals surface area contributed by atoms with Crippen LogP contribution in [0.2, 0.25) is 0 Å². The van der Waals surface area contributed by atoms with Crippen molar-refractivity contribution in [2.45, 2.75) is 41.5 Å². The summed E-state index contributed by atoms with van der Waals surface area (Å²) in [6.45, 7) is 12.2. The molecule has 2 heteroatoms. The highest BCUT2D eigenvalue weighted by atomic mass is 16.5. The smallest absolute Gasteiger partial charge is 0.122 e. The van der Waals surface area contributed by atoms with Crippen LogP contribution in [0.5, 0.6) is 11.5 Å². The second-order valence-corrected chi connectivity index (χ2v) is 4.95. The predicted octanol–water partition coefficient (Wildman–Crippen LogP) is 5.65. The maximum atomic E-state index is 5.13. The quantitative estimate of drug-likeness (QED) is 0.713. The van der Waals surface area contributed by atoms with Gasteiger partial charge in [0.1, 0.15) is 11.5 Å². The lowest BCUT2D eigenvalue weighted by molar-refractivity contribution is 0.411. The van der Waals surface area contributed by atoms with Crippen LogP contribution in [0.1, 0.15) is 36.1 Å². The lowest BCUT2D eigenvalue weighted by atomic mass is 10.1. The Morgan fingerprint density at radius 1 is 0.591 bits per heavy atom. The second-order valence-electron chi connectivity index (χ2n) is 4.95. The summed E-state index contributed by atoms with van der Waals surface area (Å²) in [5.74, 6) is 1.94. The summed E-state index contributed by atoms with van der Waals surface area (Å²) in [5.41, 5.74) is 4.90. The molecule has 0 unspecified atom stereocenters. The largest absolute Gasteiger partial charge is 0.496 e. The van der Waals surface area contributed by atoms with Crippen LogP contribution in [0.15, 0.2) is 36.4 Å². The lowest BCUT2D eigenvalue weighted by Gasteiger charge is -2.03. The SMILES string of the molecule is CC.COc1cc(C)ccc1C.COc1ccc(C)cc1C. The van der Waals surface area contributed by atoms with Crippen molar-refractivity contribution in [2.24, 2.45) is 0 Å². The number of rotatable bonds is 2. The van der Waals surface area contributed by atoms with E-state index in [9.17, 15) is 0 Å². The highest BCUT2D eigenvalue weighted by Crippen LogP contribution is 2.18. The molecule has 0 radical (unpaired) electrons. The summed E-state index contributed by atoms with van der Waals surface area (Å²) in [6.07, 6.45) is 0. The molecule has 0 aliphatic rings. The van der Waals surface area contributed by atoms with Crippen LogP contribution >= 0.6 is 0 Å². The molecule has 122 valence electrons. The molecular weight excluding hydrogens is 272 g/mol. The average Bonchev–Trinajstić information content (AvgIpc) is 2.52. The van der Waals surface area contributed by atoms with E-state index in [1.807, 2.05) is 45.9 Å². The van der Waals surface area contributed by atoms with E-state index in [1.54, 1.807) is 14.2 Å². The maximum Gasteiger partial charge on any atom is 0.122 e. The molecule has 0 aromatic heterocycles. The van der Waals surface area contributed by atoms with Gasteiger partial charge in [-0.1, -0.05) is 43.7 Å². The van der Waals surface area contributed by atoms with Crippen LogP contribution in [-0.2, 0) is 0 Å². The van der Waals surface area contributed by atoms with Gasteiger partial charge < -0.3 is 9.47 Å². The predicted molar refractivity (Wildman–Crippen MR) is 96.3 cm³/mol. The molecule has 2 nitrogen and oxygen atoms in total. The van der Waals surface area contributed by atoms with E-state index < -0.39 is 0 Å². The highest BCUT2D eigenvalue weighted by Gasteiger charge is 1.95. The monoisotopic (exact) mass is 302 g/mol. The van der Waals surface area contributed by atoms with Crippen LogP contribution in [0.25, 0.3) is 0 Å². The summed E-state index contributed by atoms with van der Waals surface area (Å²) < 4.78 is 10.2. The number of ether oxygens (including phenoxy) is 2. The molecule has 0 saturated heterocycles. The van der Waals surface area contributed by atoms with Crippen molar-refractivity contribution in [1.82, 2.24) is 0 Å². The Labute approximate surface area is 136 Å². The molecule has 0 bridgehead atoms. The van der Waals surface area contributed by atoms with E-state index >= 15 is 0 Å². The molecule has 0 atom stereocenters. The Morgan fingerprint density at radius 3 is 1.55 bits per heavy atom. The van der Waals surface area contributed by atoms with Crippen molar-refractivity contribution >= 4 is 0 Å². The molecule has 0 aliphatic carbocycles. The van der Waals surface area contributed by atoms with E-state index in [0.29, 0.717) is 0 Å². The Morgan fingerprint density at radius 2 is 1.09 bits per heavy atom. The molecule has 0 amide bonds. The number of hydrogen-bond acceptors (Lipinski definition) is 2. The zero-order valence-electron chi connectivity index (χ0n) is 15.3. The first-order chi connectivity index (χ1) is 10.5. The minimum absolute atomic E-state index is 0.964. The molecule has 2 aromatic carbocycles. The van der Waals surface area contributed by atoms with Gasteiger partial charge in [0.15, 0.2) is 0 Å². The molecular formula is C20H30O2. The van der Waals surface area contributed by atoms with Crippen molar-refractivity contribution in [3.8, 4) is 11.5 Å². The summed E-state index contributed by atoms with van der Waals surface area (Å²) >= 11 is 0. The minimum atomic E-state index is 0.964. The third kappa shape index (κ3) is 6.66. The first-order valence-corrected chi connectivity index (χ1v) is 7.70. The van der Waals surface area contributed by atoms with Gasteiger partial charge in [0, 0.05) is 0 Å². The third-order valence-corrected chi connectivity index (χ3v) is 3.11. The molecule has 2 rings (SSSR count). The zero-order chi connectivity index (χ0) is 17.1. The van der Waals surface area contributed by atoms with Gasteiger partial charge >= 0.3 is 0 Å². The van der Waals surface area contributed by atoms with Crippen molar-refractivity contribution < 1.29 is 9.47 Å². The van der Waals surface area contributed by atoms with Crippen LogP contribution in [0.3, 0.4) is 0 Å². The van der Waals surface area contributed by atoms with Crippen molar-refractivity contribution in [3.63, 3.8) is 0 Å². The highest BCUT2D eigenvalue weighted by molar-refractivity contribution is 5.36. The molecule has 0 aliphatic heterocycles. The van der Waals surface area contributed by atoms with E-state index in [0.717, 1.165) is 11.5 Å². The average molecular weight is 302 g/mol. The number of aryl methyl sites for hydroxylation is 4. The maximum absolute atomic E-state index is 5.13. The topological polar surface area (TPSA) is 18.5 Å². The van der Waals surface area contributed by atoms with Gasteiger partial charge in [-0.25, -0.2) is 0 Å². The number of hydrogen-bond donors (Lipinski definition) is 0. The molecule has 2 aromatic rings. The fourth-order valence-electron chi connectivity index (χ4n) is 1.96. The standard InChI is InChI=1S/2C9H12O.C2H6/c1-7-4-5-9(10-3)8(2)6-7;1-7-4-5-8(2)9(6-7)10-3;1-2/h2*4-6H,1-3H3;1-2H3. The fraction of sp³-hybridized carbons (Fsp3) is 0.400. The van der Waals surface area contributed by atoms with Gasteiger partial charge in [-0.15, -0.1) is 0 Å². The van der Waals surface area contributed by atoms with Gasteiger partial charge in [0.05, 0.1) is 14.2 Å². The lowest BCUT2D eigenvalue weighted by Crippen LogP contribution is -1.86. The zero-order valence-corrected chi connectivity index (χ0v) is 15.3. The van der Waals surface area contributed by atoms with Crippen molar-refractivity contribution in [1.29, 1.82) is 0 Å². The van der Waals surface area contributed by atoms with Gasteiger partial charge in [0.2, 0.25) is 0 Å². The van der Waals surface area contributed by atoms with Gasteiger partial charge in [-0.05, 0) is 56.5 Å². The van der Waals surface area contributed by atoms with Crippen molar-refractivity contribution in [3.05, 3.63) is 58.7 Å². The number of methoxy groups -OCH3 is 2. The van der Waals surface area contributed by atoms with Gasteiger partial charge in [-0.2, -0.15) is 0 Å². The first kappa shape index (κ1) is 20.0. The molecule has 22 heavy (non-hydrogen) atoms. The van der Waals surface area contributed by atoms with Crippen LogP contribution in [0, 0.1) is 27.7 Å². The molecule has 0 heterocycles. The fourth-order valence-corrected chi connectivity index (χ4v) is 1.96. The van der Waals surface area contributed by atoms with Crippen LogP contribution in [0.4, 0.5) is 0 Å². The van der Waals surface area contributed by atoms with E-state index in [4.69, 9.17) is 9.47 Å². The normalized spacial score (nSPS) is 8.91. The van der Waals surface area contributed by atoms with Gasteiger partial charge in [0.25, 0.3) is 0 Å². The third-order valence-electron chi connectivity index (χ3n) is 3.11. The van der Waals surface area contributed by atoms with Crippen LogP contribution in [-0.4, -0.2) is 14.2 Å². The molecule has 0 spiro atoms. The van der Waals surface area contributed by atoms with Gasteiger partial charge in [-0.3, -0.25) is 0 Å².